The zero-order valence-corrected chi connectivity index (χ0v) is 12.6. The Kier molecular flexibility index (Phi) is 4.73. The summed E-state index contributed by atoms with van der Waals surface area (Å²) >= 11 is 0. The molecular weight excluding hydrogens is 267 g/mol. The van der Waals surface area contributed by atoms with Gasteiger partial charge in [0.15, 0.2) is 0 Å². The minimum absolute atomic E-state index is 0.108. The van der Waals surface area contributed by atoms with Crippen LogP contribution in [0.1, 0.15) is 23.5 Å². The van der Waals surface area contributed by atoms with E-state index < -0.39 is 0 Å². The summed E-state index contributed by atoms with van der Waals surface area (Å²) in [6, 6.07) is 21.2. The Labute approximate surface area is 132 Å². The number of benzene rings is 2. The van der Waals surface area contributed by atoms with Gasteiger partial charge in [-0.2, -0.15) is 0 Å². The summed E-state index contributed by atoms with van der Waals surface area (Å²) < 4.78 is 0. The van der Waals surface area contributed by atoms with Crippen molar-refractivity contribution in [2.45, 2.75) is 12.3 Å². The average molecular weight is 286 g/mol. The van der Waals surface area contributed by atoms with Gasteiger partial charge in [0.25, 0.3) is 0 Å². The standard InChI is InChI=1S/C19H19BN2/c21-16-20-13-7-8-14-22(20)15-19(17-9-3-1-4-10-17)18-11-5-2-6-12-18/h1-7,9-13,19H,8,14-15H2. The van der Waals surface area contributed by atoms with Gasteiger partial charge in [-0.05, 0) is 30.6 Å². The molecule has 0 radical (unpaired) electrons. The van der Waals surface area contributed by atoms with Gasteiger partial charge in [-0.15, -0.1) is 0 Å². The molecule has 2 aromatic rings. The predicted octanol–water partition coefficient (Wildman–Crippen LogP) is 3.67. The van der Waals surface area contributed by atoms with Gasteiger partial charge >= 0.3 is 6.85 Å². The Morgan fingerprint density at radius 2 is 1.59 bits per heavy atom. The molecule has 1 aliphatic heterocycles. The number of rotatable bonds is 4. The van der Waals surface area contributed by atoms with Crippen molar-refractivity contribution in [2.24, 2.45) is 0 Å². The molecule has 0 unspecified atom stereocenters. The molecule has 0 bridgehead atoms. The highest BCUT2D eigenvalue weighted by Gasteiger charge is 2.27. The van der Waals surface area contributed by atoms with E-state index in [1.54, 1.807) is 0 Å². The third-order valence-electron chi connectivity index (χ3n) is 4.25. The van der Waals surface area contributed by atoms with Gasteiger partial charge in [0.1, 0.15) is 0 Å². The van der Waals surface area contributed by atoms with Crippen LogP contribution in [0.5, 0.6) is 0 Å². The van der Waals surface area contributed by atoms with E-state index in [2.05, 4.69) is 65.4 Å². The van der Waals surface area contributed by atoms with E-state index in [1.165, 1.54) is 11.1 Å². The van der Waals surface area contributed by atoms with E-state index in [0.29, 0.717) is 5.92 Å². The van der Waals surface area contributed by atoms with Crippen molar-refractivity contribution in [1.29, 1.82) is 5.26 Å². The number of nitrogens with zero attached hydrogens (tertiary/aromatic N) is 2. The first-order valence-electron chi connectivity index (χ1n) is 7.78. The normalized spacial score (nSPS) is 15.0. The molecule has 2 nitrogen and oxygen atoms in total. The molecular formula is C19H19BN2. The fourth-order valence-electron chi connectivity index (χ4n) is 3.06. The molecule has 3 heteroatoms. The van der Waals surface area contributed by atoms with Crippen molar-refractivity contribution in [3.63, 3.8) is 0 Å². The Hall–Kier alpha value is -2.31. The third kappa shape index (κ3) is 3.29. The molecule has 2 aromatic carbocycles. The molecule has 1 aliphatic rings. The maximum absolute atomic E-state index is 9.37. The average Bonchev–Trinajstić information content (AvgIpc) is 2.61. The third-order valence-corrected chi connectivity index (χ3v) is 4.25. The van der Waals surface area contributed by atoms with Gasteiger partial charge in [0, 0.05) is 11.9 Å². The van der Waals surface area contributed by atoms with Crippen LogP contribution in [0.4, 0.5) is 0 Å². The first-order chi connectivity index (χ1) is 10.9. The van der Waals surface area contributed by atoms with Crippen LogP contribution in [0.25, 0.3) is 0 Å². The van der Waals surface area contributed by atoms with Gasteiger partial charge in [0.05, 0.1) is 0 Å². The molecule has 0 fully saturated rings. The molecule has 0 aromatic heterocycles. The van der Waals surface area contributed by atoms with E-state index in [4.69, 9.17) is 0 Å². The first kappa shape index (κ1) is 14.6. The van der Waals surface area contributed by atoms with Crippen molar-refractivity contribution < 1.29 is 0 Å². The highest BCUT2D eigenvalue weighted by Crippen LogP contribution is 2.26. The SMILES string of the molecule is N#CB1C=CCCN1CC(c1ccccc1)c1ccccc1. The Balaban J connectivity index is 1.90. The fourth-order valence-corrected chi connectivity index (χ4v) is 3.06. The monoisotopic (exact) mass is 286 g/mol. The van der Waals surface area contributed by atoms with Crippen LogP contribution in [-0.2, 0) is 0 Å². The number of hydrogen-bond acceptors (Lipinski definition) is 2. The second-order valence-electron chi connectivity index (χ2n) is 5.66. The van der Waals surface area contributed by atoms with E-state index in [-0.39, 0.29) is 6.85 Å². The van der Waals surface area contributed by atoms with Crippen molar-refractivity contribution in [2.75, 3.05) is 13.1 Å². The molecule has 0 saturated heterocycles. The largest absolute Gasteiger partial charge is 0.374 e. The van der Waals surface area contributed by atoms with Crippen LogP contribution in [0.3, 0.4) is 0 Å². The lowest BCUT2D eigenvalue weighted by molar-refractivity contribution is 0.424. The summed E-state index contributed by atoms with van der Waals surface area (Å²) in [5, 5.41) is 9.37. The Morgan fingerprint density at radius 1 is 1.00 bits per heavy atom. The molecule has 0 saturated carbocycles. The molecule has 22 heavy (non-hydrogen) atoms. The van der Waals surface area contributed by atoms with Crippen molar-refractivity contribution in [3.8, 4) is 5.97 Å². The van der Waals surface area contributed by atoms with Gasteiger partial charge < -0.3 is 4.81 Å². The van der Waals surface area contributed by atoms with Crippen LogP contribution >= 0.6 is 0 Å². The predicted molar refractivity (Wildman–Crippen MR) is 91.4 cm³/mol. The zero-order chi connectivity index (χ0) is 15.2. The molecule has 108 valence electrons. The fraction of sp³-hybridized carbons (Fsp3) is 0.211. The lowest BCUT2D eigenvalue weighted by Gasteiger charge is -2.30. The highest BCUT2D eigenvalue weighted by molar-refractivity contribution is 6.69. The Morgan fingerprint density at radius 3 is 2.14 bits per heavy atom. The van der Waals surface area contributed by atoms with Crippen LogP contribution in [0.2, 0.25) is 0 Å². The number of hydrogen-bond donors (Lipinski definition) is 0. The second kappa shape index (κ2) is 7.11. The number of nitriles is 1. The minimum Gasteiger partial charge on any atom is -0.324 e. The quantitative estimate of drug-likeness (QED) is 0.802. The van der Waals surface area contributed by atoms with Crippen molar-refractivity contribution in [3.05, 3.63) is 83.8 Å². The topological polar surface area (TPSA) is 27.0 Å². The van der Waals surface area contributed by atoms with Crippen molar-refractivity contribution in [1.82, 2.24) is 4.81 Å². The molecule has 3 rings (SSSR count). The molecule has 0 N–H and O–H groups in total. The summed E-state index contributed by atoms with van der Waals surface area (Å²) in [7, 11) is 0. The summed E-state index contributed by atoms with van der Waals surface area (Å²) in [6.07, 6.45) is 3.14. The molecule has 0 aliphatic carbocycles. The van der Waals surface area contributed by atoms with Crippen molar-refractivity contribution >= 4 is 6.85 Å². The van der Waals surface area contributed by atoms with Crippen LogP contribution in [0, 0.1) is 11.2 Å². The molecule has 0 amide bonds. The van der Waals surface area contributed by atoms with Gasteiger partial charge in [-0.1, -0.05) is 72.7 Å². The maximum atomic E-state index is 9.37. The smallest absolute Gasteiger partial charge is 0.324 e. The van der Waals surface area contributed by atoms with Gasteiger partial charge in [0.2, 0.25) is 0 Å². The van der Waals surface area contributed by atoms with E-state index in [9.17, 15) is 5.26 Å². The second-order valence-corrected chi connectivity index (χ2v) is 5.66. The summed E-state index contributed by atoms with van der Waals surface area (Å²) in [5.41, 5.74) is 2.61. The lowest BCUT2D eigenvalue weighted by atomic mass is 9.60. The van der Waals surface area contributed by atoms with Crippen LogP contribution < -0.4 is 0 Å². The minimum atomic E-state index is -0.108. The van der Waals surface area contributed by atoms with E-state index in [1.807, 2.05) is 18.1 Å². The summed E-state index contributed by atoms with van der Waals surface area (Å²) in [5.74, 6) is 4.72. The van der Waals surface area contributed by atoms with E-state index >= 15 is 0 Å². The lowest BCUT2D eigenvalue weighted by Crippen LogP contribution is -2.42. The van der Waals surface area contributed by atoms with E-state index in [0.717, 1.165) is 19.5 Å². The maximum Gasteiger partial charge on any atom is 0.374 e. The van der Waals surface area contributed by atoms with Gasteiger partial charge in [-0.3, -0.25) is 0 Å². The first-order valence-corrected chi connectivity index (χ1v) is 7.78. The Bertz CT molecular complexity index is 621. The molecule has 0 atom stereocenters. The van der Waals surface area contributed by atoms with Crippen LogP contribution in [-0.4, -0.2) is 24.7 Å². The molecule has 0 spiro atoms. The summed E-state index contributed by atoms with van der Waals surface area (Å²) in [6.45, 7) is 1.71. The molecule has 1 heterocycles. The summed E-state index contributed by atoms with van der Waals surface area (Å²) in [4.78, 5) is 2.28. The van der Waals surface area contributed by atoms with Gasteiger partial charge in [-0.25, -0.2) is 5.26 Å². The van der Waals surface area contributed by atoms with Crippen LogP contribution in [0.15, 0.2) is 72.7 Å². The highest BCUT2D eigenvalue weighted by atomic mass is 15.1. The zero-order valence-electron chi connectivity index (χ0n) is 12.6.